The van der Waals surface area contributed by atoms with Crippen LogP contribution in [0.1, 0.15) is 16.2 Å². The summed E-state index contributed by atoms with van der Waals surface area (Å²) in [7, 11) is -2.13. The number of aromatic nitrogens is 4. The van der Waals surface area contributed by atoms with Crippen molar-refractivity contribution in [1.29, 1.82) is 0 Å². The summed E-state index contributed by atoms with van der Waals surface area (Å²) in [5, 5.41) is 14.2. The molecule has 0 atom stereocenters. The van der Waals surface area contributed by atoms with E-state index >= 15 is 0 Å². The van der Waals surface area contributed by atoms with Crippen LogP contribution in [-0.2, 0) is 17.1 Å². The Morgan fingerprint density at radius 1 is 1.14 bits per heavy atom. The number of hydrogen-bond acceptors (Lipinski definition) is 6. The van der Waals surface area contributed by atoms with E-state index in [1.54, 1.807) is 11.7 Å². The van der Waals surface area contributed by atoms with Gasteiger partial charge in [-0.05, 0) is 59.3 Å². The Morgan fingerprint density at radius 2 is 1.82 bits per heavy atom. The quantitative estimate of drug-likeness (QED) is 0.573. The van der Waals surface area contributed by atoms with E-state index in [9.17, 15) is 13.2 Å². The second kappa shape index (κ2) is 7.86. The molecule has 0 aliphatic carbocycles. The normalized spacial score (nSPS) is 11.3. The number of amides is 1. The van der Waals surface area contributed by atoms with Gasteiger partial charge < -0.3 is 5.32 Å². The third-order valence-corrected chi connectivity index (χ3v) is 6.29. The number of sulfonamides is 1. The standard InChI is InChI=1S/C16H14BrClN6O3S/c1-9-14(17)15(22-24(9)2)16(25)19-10-3-5-11(6-4-10)28(26,27)23-13-8-7-12(18)20-21-13/h3-8H,1-2H3,(H,19,25)(H,21,23). The van der Waals surface area contributed by atoms with Crippen molar-refractivity contribution in [3.8, 4) is 0 Å². The Hall–Kier alpha value is -2.50. The van der Waals surface area contributed by atoms with Gasteiger partial charge in [0.15, 0.2) is 16.7 Å². The van der Waals surface area contributed by atoms with Gasteiger partial charge in [-0.3, -0.25) is 14.2 Å². The number of anilines is 2. The smallest absolute Gasteiger partial charge is 0.277 e. The average Bonchev–Trinajstić information content (AvgIpc) is 2.91. The Morgan fingerprint density at radius 3 is 2.36 bits per heavy atom. The molecule has 0 saturated heterocycles. The highest BCUT2D eigenvalue weighted by molar-refractivity contribution is 9.10. The number of aryl methyl sites for hydroxylation is 1. The first-order valence-electron chi connectivity index (χ1n) is 7.80. The Balaban J connectivity index is 1.74. The van der Waals surface area contributed by atoms with Crippen LogP contribution >= 0.6 is 27.5 Å². The van der Waals surface area contributed by atoms with E-state index in [2.05, 4.69) is 41.3 Å². The average molecular weight is 486 g/mol. The summed E-state index contributed by atoms with van der Waals surface area (Å²) in [6, 6.07) is 8.49. The summed E-state index contributed by atoms with van der Waals surface area (Å²) in [6.07, 6.45) is 0. The maximum absolute atomic E-state index is 12.4. The van der Waals surface area contributed by atoms with Crippen molar-refractivity contribution in [2.75, 3.05) is 10.0 Å². The third kappa shape index (κ3) is 4.32. The van der Waals surface area contributed by atoms with E-state index in [0.717, 1.165) is 5.69 Å². The molecular weight excluding hydrogens is 472 g/mol. The van der Waals surface area contributed by atoms with Crippen LogP contribution in [0.3, 0.4) is 0 Å². The molecule has 3 rings (SSSR count). The molecule has 146 valence electrons. The second-order valence-corrected chi connectivity index (χ2v) is 8.56. The molecule has 0 aliphatic rings. The largest absolute Gasteiger partial charge is 0.321 e. The van der Waals surface area contributed by atoms with Crippen molar-refractivity contribution < 1.29 is 13.2 Å². The number of nitrogens with one attached hydrogen (secondary N) is 2. The summed E-state index contributed by atoms with van der Waals surface area (Å²) in [6.45, 7) is 1.82. The summed E-state index contributed by atoms with van der Waals surface area (Å²) < 4.78 is 29.3. The van der Waals surface area contributed by atoms with Crippen LogP contribution in [0.2, 0.25) is 5.15 Å². The predicted octanol–water partition coefficient (Wildman–Crippen LogP) is 2.99. The van der Waals surface area contributed by atoms with E-state index in [0.29, 0.717) is 10.2 Å². The van der Waals surface area contributed by atoms with Crippen molar-refractivity contribution in [1.82, 2.24) is 20.0 Å². The van der Waals surface area contributed by atoms with E-state index < -0.39 is 15.9 Å². The fraction of sp³-hybridized carbons (Fsp3) is 0.125. The lowest BCUT2D eigenvalue weighted by Crippen LogP contribution is -2.15. The van der Waals surface area contributed by atoms with Gasteiger partial charge in [0.25, 0.3) is 15.9 Å². The second-order valence-electron chi connectivity index (χ2n) is 5.70. The molecule has 0 spiro atoms. The predicted molar refractivity (Wildman–Crippen MR) is 108 cm³/mol. The van der Waals surface area contributed by atoms with Gasteiger partial charge in [-0.15, -0.1) is 10.2 Å². The first-order chi connectivity index (χ1) is 13.2. The molecule has 2 aromatic heterocycles. The van der Waals surface area contributed by atoms with Crippen LogP contribution in [0.5, 0.6) is 0 Å². The Bertz CT molecular complexity index is 1130. The van der Waals surface area contributed by atoms with Gasteiger partial charge in [-0.1, -0.05) is 11.6 Å². The third-order valence-electron chi connectivity index (χ3n) is 3.77. The fourth-order valence-electron chi connectivity index (χ4n) is 2.20. The number of carbonyl (C=O) groups is 1. The van der Waals surface area contributed by atoms with Crippen LogP contribution in [0, 0.1) is 6.92 Å². The van der Waals surface area contributed by atoms with Crippen LogP contribution in [0.15, 0.2) is 45.8 Å². The molecule has 1 amide bonds. The minimum Gasteiger partial charge on any atom is -0.321 e. The molecule has 28 heavy (non-hydrogen) atoms. The SMILES string of the molecule is Cc1c(Br)c(C(=O)Nc2ccc(S(=O)(=O)Nc3ccc(Cl)nn3)cc2)nn1C. The highest BCUT2D eigenvalue weighted by atomic mass is 79.9. The molecule has 0 unspecified atom stereocenters. The molecule has 9 nitrogen and oxygen atoms in total. The van der Waals surface area contributed by atoms with Crippen molar-refractivity contribution in [2.45, 2.75) is 11.8 Å². The van der Waals surface area contributed by atoms with Gasteiger partial charge in [0.2, 0.25) is 0 Å². The zero-order chi connectivity index (χ0) is 20.5. The lowest BCUT2D eigenvalue weighted by atomic mass is 10.3. The minimum absolute atomic E-state index is 0.00268. The van der Waals surface area contributed by atoms with Gasteiger partial charge >= 0.3 is 0 Å². The molecule has 0 saturated carbocycles. The molecule has 1 aromatic carbocycles. The van der Waals surface area contributed by atoms with E-state index in [4.69, 9.17) is 11.6 Å². The molecular formula is C16H14BrClN6O3S. The van der Waals surface area contributed by atoms with Crippen molar-refractivity contribution >= 4 is 55.0 Å². The topological polar surface area (TPSA) is 119 Å². The van der Waals surface area contributed by atoms with Crippen molar-refractivity contribution in [3.05, 3.63) is 57.4 Å². The lowest BCUT2D eigenvalue weighted by Gasteiger charge is -2.08. The summed E-state index contributed by atoms with van der Waals surface area (Å²) in [5.41, 5.74) is 1.47. The molecule has 2 N–H and O–H groups in total. The monoisotopic (exact) mass is 484 g/mol. The number of carbonyl (C=O) groups excluding carboxylic acids is 1. The van der Waals surface area contributed by atoms with Crippen LogP contribution in [0.25, 0.3) is 0 Å². The van der Waals surface area contributed by atoms with Gasteiger partial charge in [-0.25, -0.2) is 8.42 Å². The van der Waals surface area contributed by atoms with E-state index in [1.165, 1.54) is 36.4 Å². The zero-order valence-electron chi connectivity index (χ0n) is 14.6. The van der Waals surface area contributed by atoms with Gasteiger partial charge in [0.05, 0.1) is 15.1 Å². The van der Waals surface area contributed by atoms with Crippen LogP contribution in [0.4, 0.5) is 11.5 Å². The molecule has 3 aromatic rings. The molecule has 0 bridgehead atoms. The minimum atomic E-state index is -3.86. The molecule has 12 heteroatoms. The van der Waals surface area contributed by atoms with Gasteiger partial charge in [0, 0.05) is 12.7 Å². The Kier molecular flexibility index (Phi) is 5.68. The van der Waals surface area contributed by atoms with Crippen molar-refractivity contribution in [3.63, 3.8) is 0 Å². The number of rotatable bonds is 5. The molecule has 0 aliphatic heterocycles. The van der Waals surface area contributed by atoms with Gasteiger partial charge in [-0.2, -0.15) is 5.10 Å². The highest BCUT2D eigenvalue weighted by Gasteiger charge is 2.19. The zero-order valence-corrected chi connectivity index (χ0v) is 17.8. The lowest BCUT2D eigenvalue weighted by molar-refractivity contribution is 0.102. The van der Waals surface area contributed by atoms with Gasteiger partial charge in [0.1, 0.15) is 0 Å². The Labute approximate surface area is 174 Å². The van der Waals surface area contributed by atoms with Crippen LogP contribution in [-0.4, -0.2) is 34.3 Å². The summed E-state index contributed by atoms with van der Waals surface area (Å²) in [5.74, 6) is -0.377. The number of hydrogen-bond donors (Lipinski definition) is 2. The van der Waals surface area contributed by atoms with E-state index in [-0.39, 0.29) is 21.6 Å². The number of nitrogens with zero attached hydrogens (tertiary/aromatic N) is 4. The van der Waals surface area contributed by atoms with E-state index in [1.807, 2.05) is 6.92 Å². The molecule has 2 heterocycles. The maximum Gasteiger partial charge on any atom is 0.277 e. The molecule has 0 fully saturated rings. The first kappa shape index (κ1) is 20.2. The first-order valence-corrected chi connectivity index (χ1v) is 10.5. The maximum atomic E-state index is 12.4. The molecule has 0 radical (unpaired) electrons. The number of benzene rings is 1. The van der Waals surface area contributed by atoms with Crippen LogP contribution < -0.4 is 10.0 Å². The summed E-state index contributed by atoms with van der Waals surface area (Å²) >= 11 is 8.97. The fourth-order valence-corrected chi connectivity index (χ4v) is 3.82. The van der Waals surface area contributed by atoms with Crippen molar-refractivity contribution in [2.24, 2.45) is 7.05 Å². The summed E-state index contributed by atoms with van der Waals surface area (Å²) in [4.78, 5) is 12.4. The highest BCUT2D eigenvalue weighted by Crippen LogP contribution is 2.22. The number of halogens is 2.